The van der Waals surface area contributed by atoms with Crippen LogP contribution in [0, 0.1) is 11.3 Å². The van der Waals surface area contributed by atoms with E-state index < -0.39 is 21.3 Å². The number of nitrogens with one attached hydrogen (secondary N) is 1. The molecule has 4 nitrogen and oxygen atoms in total. The molecule has 1 atom stereocenters. The Morgan fingerprint density at radius 3 is 2.31 bits per heavy atom. The topological polar surface area (TPSA) is 70.0 Å². The monoisotopic (exact) mass is 204 g/mol. The summed E-state index contributed by atoms with van der Waals surface area (Å²) < 4.78 is 25.0. The van der Waals surface area contributed by atoms with Gasteiger partial charge in [0, 0.05) is 0 Å². The molecule has 0 aromatic carbocycles. The van der Waals surface area contributed by atoms with Crippen LogP contribution in [0.1, 0.15) is 33.6 Å². The molecule has 0 spiro atoms. The number of rotatable bonds is 5. The zero-order chi connectivity index (χ0) is 10.5. The van der Waals surface area contributed by atoms with Gasteiger partial charge in [0.15, 0.2) is 0 Å². The van der Waals surface area contributed by atoms with E-state index in [9.17, 15) is 8.42 Å². The summed E-state index contributed by atoms with van der Waals surface area (Å²) >= 11 is 0. The van der Waals surface area contributed by atoms with E-state index in [0.29, 0.717) is 6.42 Å². The molecular formula is C8H16N2O2S. The highest BCUT2D eigenvalue weighted by Gasteiger charge is 2.19. The van der Waals surface area contributed by atoms with E-state index >= 15 is 0 Å². The fourth-order valence-electron chi connectivity index (χ4n) is 0.773. The molecule has 0 bridgehead atoms. The van der Waals surface area contributed by atoms with Gasteiger partial charge < -0.3 is 0 Å². The Labute approximate surface area is 80.0 Å². The SMILES string of the molecule is CCCC(C#N)NS(=O)(=O)C(C)C. The van der Waals surface area contributed by atoms with Gasteiger partial charge in [-0.2, -0.15) is 9.98 Å². The zero-order valence-electron chi connectivity index (χ0n) is 8.24. The minimum absolute atomic E-state index is 0.486. The standard InChI is InChI=1S/C8H16N2O2S/c1-4-5-8(6-9)10-13(11,12)7(2)3/h7-8,10H,4-5H2,1-3H3. The Balaban J connectivity index is 4.34. The van der Waals surface area contributed by atoms with Gasteiger partial charge in [-0.05, 0) is 20.3 Å². The van der Waals surface area contributed by atoms with Crippen molar-refractivity contribution in [3.05, 3.63) is 0 Å². The van der Waals surface area contributed by atoms with E-state index in [2.05, 4.69) is 4.72 Å². The van der Waals surface area contributed by atoms with Crippen LogP contribution in [0.25, 0.3) is 0 Å². The first-order chi connectivity index (χ1) is 5.94. The van der Waals surface area contributed by atoms with Crippen LogP contribution in [0.4, 0.5) is 0 Å². The molecular weight excluding hydrogens is 188 g/mol. The molecule has 76 valence electrons. The normalized spacial score (nSPS) is 14.1. The third-order valence-electron chi connectivity index (χ3n) is 1.66. The molecule has 0 aliphatic carbocycles. The summed E-state index contributed by atoms with van der Waals surface area (Å²) in [6.45, 7) is 5.08. The summed E-state index contributed by atoms with van der Waals surface area (Å²) in [6, 6.07) is 1.34. The molecule has 0 aliphatic heterocycles. The number of sulfonamides is 1. The van der Waals surface area contributed by atoms with Crippen LogP contribution in [-0.4, -0.2) is 19.7 Å². The molecule has 0 fully saturated rings. The largest absolute Gasteiger partial charge is 0.215 e. The first-order valence-electron chi connectivity index (χ1n) is 4.34. The average Bonchev–Trinajstić information content (AvgIpc) is 2.03. The summed E-state index contributed by atoms with van der Waals surface area (Å²) in [7, 11) is -3.30. The van der Waals surface area contributed by atoms with Crippen LogP contribution in [0.5, 0.6) is 0 Å². The predicted octanol–water partition coefficient (Wildman–Crippen LogP) is 1.01. The van der Waals surface area contributed by atoms with E-state index in [1.165, 1.54) is 0 Å². The molecule has 0 rings (SSSR count). The molecule has 13 heavy (non-hydrogen) atoms. The lowest BCUT2D eigenvalue weighted by Gasteiger charge is -2.13. The maximum atomic E-state index is 11.3. The Bertz CT molecular complexity index is 277. The molecule has 0 aromatic rings. The summed E-state index contributed by atoms with van der Waals surface area (Å²) in [6.07, 6.45) is 1.35. The van der Waals surface area contributed by atoms with Gasteiger partial charge >= 0.3 is 0 Å². The summed E-state index contributed by atoms with van der Waals surface area (Å²) in [5.41, 5.74) is 0. The molecule has 0 saturated carbocycles. The van der Waals surface area contributed by atoms with Crippen LogP contribution in [0.15, 0.2) is 0 Å². The van der Waals surface area contributed by atoms with Gasteiger partial charge in [0.1, 0.15) is 6.04 Å². The third-order valence-corrected chi connectivity index (χ3v) is 3.51. The molecule has 1 N–H and O–H groups in total. The number of hydrogen-bond donors (Lipinski definition) is 1. The van der Waals surface area contributed by atoms with Crippen molar-refractivity contribution in [2.24, 2.45) is 0 Å². The van der Waals surface area contributed by atoms with Gasteiger partial charge in [-0.15, -0.1) is 0 Å². The maximum Gasteiger partial charge on any atom is 0.215 e. The van der Waals surface area contributed by atoms with Crippen molar-refractivity contribution in [2.45, 2.75) is 44.9 Å². The van der Waals surface area contributed by atoms with Gasteiger partial charge in [-0.25, -0.2) is 8.42 Å². The maximum absolute atomic E-state index is 11.3. The molecule has 0 heterocycles. The van der Waals surface area contributed by atoms with Crippen molar-refractivity contribution in [1.82, 2.24) is 4.72 Å². The van der Waals surface area contributed by atoms with E-state index in [-0.39, 0.29) is 0 Å². The minimum atomic E-state index is -3.30. The van der Waals surface area contributed by atoms with Crippen LogP contribution < -0.4 is 4.72 Å². The van der Waals surface area contributed by atoms with Crippen molar-refractivity contribution < 1.29 is 8.42 Å². The first kappa shape index (κ1) is 12.4. The summed E-state index contributed by atoms with van der Waals surface area (Å²) in [5, 5.41) is 8.14. The molecule has 0 radical (unpaired) electrons. The molecule has 1 unspecified atom stereocenters. The van der Waals surface area contributed by atoms with Gasteiger partial charge in [-0.3, -0.25) is 0 Å². The predicted molar refractivity (Wildman–Crippen MR) is 51.5 cm³/mol. The van der Waals surface area contributed by atoms with Gasteiger partial charge in [0.05, 0.1) is 11.3 Å². The van der Waals surface area contributed by atoms with E-state index in [0.717, 1.165) is 6.42 Å². The van der Waals surface area contributed by atoms with Gasteiger partial charge in [-0.1, -0.05) is 13.3 Å². The van der Waals surface area contributed by atoms with Gasteiger partial charge in [0.2, 0.25) is 10.0 Å². The number of nitriles is 1. The van der Waals surface area contributed by atoms with Crippen LogP contribution >= 0.6 is 0 Å². The Kier molecular flexibility index (Phi) is 4.96. The Morgan fingerprint density at radius 1 is 1.46 bits per heavy atom. The molecule has 0 aromatic heterocycles. The van der Waals surface area contributed by atoms with Crippen LogP contribution in [0.3, 0.4) is 0 Å². The molecule has 5 heteroatoms. The van der Waals surface area contributed by atoms with Crippen LogP contribution in [0.2, 0.25) is 0 Å². The minimum Gasteiger partial charge on any atom is -0.212 e. The lowest BCUT2D eigenvalue weighted by molar-refractivity contribution is 0.554. The van der Waals surface area contributed by atoms with Crippen molar-refractivity contribution in [3.8, 4) is 6.07 Å². The highest BCUT2D eigenvalue weighted by Crippen LogP contribution is 2.02. The van der Waals surface area contributed by atoms with E-state index in [4.69, 9.17) is 5.26 Å². The molecule has 0 saturated heterocycles. The zero-order valence-corrected chi connectivity index (χ0v) is 9.06. The fourth-order valence-corrected chi connectivity index (χ4v) is 1.61. The number of nitrogens with zero attached hydrogens (tertiary/aromatic N) is 1. The van der Waals surface area contributed by atoms with E-state index in [1.807, 2.05) is 13.0 Å². The van der Waals surface area contributed by atoms with Crippen molar-refractivity contribution in [1.29, 1.82) is 5.26 Å². The van der Waals surface area contributed by atoms with Crippen molar-refractivity contribution >= 4 is 10.0 Å². The van der Waals surface area contributed by atoms with E-state index in [1.54, 1.807) is 13.8 Å². The Morgan fingerprint density at radius 2 is 2.00 bits per heavy atom. The quantitative estimate of drug-likeness (QED) is 0.726. The second-order valence-corrected chi connectivity index (χ2v) is 5.45. The molecule has 0 amide bonds. The summed E-state index contributed by atoms with van der Waals surface area (Å²) in [4.78, 5) is 0. The fraction of sp³-hybridized carbons (Fsp3) is 0.875. The third kappa shape index (κ3) is 4.25. The van der Waals surface area contributed by atoms with Crippen LogP contribution in [-0.2, 0) is 10.0 Å². The second-order valence-electron chi connectivity index (χ2n) is 3.18. The first-order valence-corrected chi connectivity index (χ1v) is 5.89. The van der Waals surface area contributed by atoms with Gasteiger partial charge in [0.25, 0.3) is 0 Å². The van der Waals surface area contributed by atoms with Crippen molar-refractivity contribution in [2.75, 3.05) is 0 Å². The Hall–Kier alpha value is -0.600. The lowest BCUT2D eigenvalue weighted by atomic mass is 10.2. The molecule has 0 aliphatic rings. The highest BCUT2D eigenvalue weighted by atomic mass is 32.2. The lowest BCUT2D eigenvalue weighted by Crippen LogP contribution is -2.38. The summed E-state index contributed by atoms with van der Waals surface area (Å²) in [5.74, 6) is 0. The number of hydrogen-bond acceptors (Lipinski definition) is 3. The highest BCUT2D eigenvalue weighted by molar-refractivity contribution is 7.90. The smallest absolute Gasteiger partial charge is 0.212 e. The average molecular weight is 204 g/mol. The second kappa shape index (κ2) is 5.20. The van der Waals surface area contributed by atoms with Crippen molar-refractivity contribution in [3.63, 3.8) is 0 Å².